The second-order valence-corrected chi connectivity index (χ2v) is 8.58. The van der Waals surface area contributed by atoms with Crippen LogP contribution in [0.15, 0.2) is 23.0 Å². The molecule has 0 fully saturated rings. The molecule has 1 atom stereocenters. The van der Waals surface area contributed by atoms with Crippen molar-refractivity contribution in [3.8, 4) is 6.07 Å². The van der Waals surface area contributed by atoms with Crippen molar-refractivity contribution in [2.75, 3.05) is 0 Å². The molecule has 1 aliphatic carbocycles. The van der Waals surface area contributed by atoms with Gasteiger partial charge < -0.3 is 4.98 Å². The van der Waals surface area contributed by atoms with Crippen LogP contribution in [0.3, 0.4) is 0 Å². The van der Waals surface area contributed by atoms with Gasteiger partial charge in [0.05, 0.1) is 15.9 Å². The number of rotatable bonds is 3. The molecule has 146 valence electrons. The predicted molar refractivity (Wildman–Crippen MR) is 113 cm³/mol. The summed E-state index contributed by atoms with van der Waals surface area (Å²) < 4.78 is 0. The molecular weight excluding hydrogens is 412 g/mol. The number of aromatic amines is 1. The van der Waals surface area contributed by atoms with E-state index < -0.39 is 4.92 Å². The molecule has 1 aromatic carbocycles. The molecule has 9 heteroatoms. The fourth-order valence-corrected chi connectivity index (χ4v) is 5.13. The Morgan fingerprint density at radius 1 is 1.52 bits per heavy atom. The summed E-state index contributed by atoms with van der Waals surface area (Å²) in [6, 6.07) is 6.26. The number of nitro benzene ring substituents is 1. The number of halogens is 1. The van der Waals surface area contributed by atoms with Crippen LogP contribution in [-0.4, -0.2) is 14.9 Å². The van der Waals surface area contributed by atoms with Crippen molar-refractivity contribution in [3.05, 3.63) is 65.5 Å². The molecule has 0 amide bonds. The second-order valence-electron chi connectivity index (χ2n) is 7.08. The number of aryl methyl sites for hydroxylation is 1. The minimum absolute atomic E-state index is 0.0111. The summed E-state index contributed by atoms with van der Waals surface area (Å²) in [6.07, 6.45) is 4.28. The first-order valence-electron chi connectivity index (χ1n) is 8.98. The van der Waals surface area contributed by atoms with Gasteiger partial charge in [0, 0.05) is 10.9 Å². The Labute approximate surface area is 174 Å². The van der Waals surface area contributed by atoms with Crippen molar-refractivity contribution >= 4 is 50.5 Å². The van der Waals surface area contributed by atoms with E-state index in [0.29, 0.717) is 21.7 Å². The topological polar surface area (TPSA) is 113 Å². The molecule has 29 heavy (non-hydrogen) atoms. The number of allylic oxidation sites excluding steroid dienone is 1. The van der Waals surface area contributed by atoms with Crippen LogP contribution in [0.4, 0.5) is 5.69 Å². The second kappa shape index (κ2) is 7.43. The van der Waals surface area contributed by atoms with Gasteiger partial charge in [-0.15, -0.1) is 11.3 Å². The SMILES string of the molecule is CC1CCc2c(sc3nc(/C(C#N)=C/c4ccc(Cl)c([N+](=O)[O-])c4)[nH]c(=O)c23)C1. The van der Waals surface area contributed by atoms with Gasteiger partial charge in [-0.3, -0.25) is 14.9 Å². The zero-order chi connectivity index (χ0) is 20.7. The minimum Gasteiger partial charge on any atom is -0.305 e. The largest absolute Gasteiger partial charge is 0.305 e. The smallest absolute Gasteiger partial charge is 0.288 e. The van der Waals surface area contributed by atoms with E-state index in [9.17, 15) is 20.2 Å². The maximum absolute atomic E-state index is 12.7. The molecule has 1 aliphatic rings. The van der Waals surface area contributed by atoms with E-state index in [-0.39, 0.29) is 27.7 Å². The van der Waals surface area contributed by atoms with Crippen LogP contribution in [0.1, 0.15) is 35.2 Å². The molecular formula is C20H15ClN4O3S. The number of hydrogen-bond donors (Lipinski definition) is 1. The van der Waals surface area contributed by atoms with E-state index in [0.717, 1.165) is 24.8 Å². The summed E-state index contributed by atoms with van der Waals surface area (Å²) in [4.78, 5) is 32.3. The number of nitrogens with zero attached hydrogens (tertiary/aromatic N) is 3. The number of nitrogens with one attached hydrogen (secondary N) is 1. The Hall–Kier alpha value is -3.02. The standard InChI is InChI=1S/C20H15ClN4O3S/c1-10-2-4-13-16(6-10)29-20-17(13)19(26)23-18(24-20)12(9-22)7-11-3-5-14(21)15(8-11)25(27)28/h3,5,7-8,10H,2,4,6H2,1H3,(H,23,24,26)/b12-7+. The molecule has 0 saturated carbocycles. The lowest BCUT2D eigenvalue weighted by Gasteiger charge is -2.17. The van der Waals surface area contributed by atoms with Crippen LogP contribution in [0.5, 0.6) is 0 Å². The number of nitriles is 1. The highest BCUT2D eigenvalue weighted by molar-refractivity contribution is 7.18. The van der Waals surface area contributed by atoms with Gasteiger partial charge in [-0.05, 0) is 48.4 Å². The summed E-state index contributed by atoms with van der Waals surface area (Å²) in [7, 11) is 0. The predicted octanol–water partition coefficient (Wildman–Crippen LogP) is 4.74. The highest BCUT2D eigenvalue weighted by Crippen LogP contribution is 2.36. The van der Waals surface area contributed by atoms with Crippen LogP contribution in [0, 0.1) is 27.4 Å². The van der Waals surface area contributed by atoms with Crippen LogP contribution >= 0.6 is 22.9 Å². The molecule has 2 aromatic heterocycles. The number of H-pyrrole nitrogens is 1. The lowest BCUT2D eigenvalue weighted by molar-refractivity contribution is -0.384. The molecule has 0 saturated heterocycles. The van der Waals surface area contributed by atoms with E-state index in [4.69, 9.17) is 11.6 Å². The minimum atomic E-state index is -0.588. The van der Waals surface area contributed by atoms with Crippen molar-refractivity contribution < 1.29 is 4.92 Å². The van der Waals surface area contributed by atoms with Gasteiger partial charge in [-0.2, -0.15) is 5.26 Å². The van der Waals surface area contributed by atoms with E-state index in [2.05, 4.69) is 16.9 Å². The van der Waals surface area contributed by atoms with Crippen LogP contribution in [0.2, 0.25) is 5.02 Å². The quantitative estimate of drug-likeness (QED) is 0.369. The van der Waals surface area contributed by atoms with E-state index in [1.54, 1.807) is 6.07 Å². The molecule has 1 N–H and O–H groups in total. The Morgan fingerprint density at radius 3 is 3.03 bits per heavy atom. The summed E-state index contributed by atoms with van der Waals surface area (Å²) >= 11 is 7.34. The Bertz CT molecular complexity index is 1290. The lowest BCUT2D eigenvalue weighted by Crippen LogP contribution is -2.14. The van der Waals surface area contributed by atoms with E-state index in [1.165, 1.54) is 34.4 Å². The third kappa shape index (κ3) is 3.55. The highest BCUT2D eigenvalue weighted by atomic mass is 35.5. The first-order chi connectivity index (χ1) is 13.9. The Balaban J connectivity index is 1.82. The molecule has 0 bridgehead atoms. The number of hydrogen-bond acceptors (Lipinski definition) is 6. The van der Waals surface area contributed by atoms with E-state index >= 15 is 0 Å². The zero-order valence-corrected chi connectivity index (χ0v) is 16.9. The zero-order valence-electron chi connectivity index (χ0n) is 15.4. The average molecular weight is 427 g/mol. The molecule has 0 radical (unpaired) electrons. The fraction of sp³-hybridized carbons (Fsp3) is 0.250. The highest BCUT2D eigenvalue weighted by Gasteiger charge is 2.23. The van der Waals surface area contributed by atoms with Gasteiger partial charge in [0.25, 0.3) is 11.2 Å². The van der Waals surface area contributed by atoms with Crippen molar-refractivity contribution in [1.29, 1.82) is 5.26 Å². The Morgan fingerprint density at radius 2 is 2.31 bits per heavy atom. The van der Waals surface area contributed by atoms with Crippen LogP contribution < -0.4 is 5.56 Å². The van der Waals surface area contributed by atoms with Gasteiger partial charge in [0.15, 0.2) is 5.82 Å². The molecule has 0 spiro atoms. The number of fused-ring (bicyclic) bond motifs is 3. The van der Waals surface area contributed by atoms with Crippen molar-refractivity contribution in [1.82, 2.24) is 9.97 Å². The average Bonchev–Trinajstić information content (AvgIpc) is 3.04. The van der Waals surface area contributed by atoms with Crippen molar-refractivity contribution in [3.63, 3.8) is 0 Å². The summed E-state index contributed by atoms with van der Waals surface area (Å²) in [6.45, 7) is 2.19. The number of benzene rings is 1. The third-order valence-electron chi connectivity index (χ3n) is 5.02. The van der Waals surface area contributed by atoms with Gasteiger partial charge in [-0.25, -0.2) is 4.98 Å². The first kappa shape index (κ1) is 19.3. The maximum Gasteiger partial charge on any atom is 0.288 e. The monoisotopic (exact) mass is 426 g/mol. The first-order valence-corrected chi connectivity index (χ1v) is 10.2. The van der Waals surface area contributed by atoms with Gasteiger partial charge in [-0.1, -0.05) is 24.6 Å². The number of thiophene rings is 1. The maximum atomic E-state index is 12.7. The summed E-state index contributed by atoms with van der Waals surface area (Å²) in [5, 5.41) is 21.3. The number of nitro groups is 1. The molecule has 1 unspecified atom stereocenters. The third-order valence-corrected chi connectivity index (χ3v) is 6.49. The summed E-state index contributed by atoms with van der Waals surface area (Å²) in [5.74, 6) is 0.721. The normalized spacial score (nSPS) is 16.4. The van der Waals surface area contributed by atoms with Crippen LogP contribution in [-0.2, 0) is 12.8 Å². The molecule has 7 nitrogen and oxygen atoms in total. The van der Waals surface area contributed by atoms with E-state index in [1.807, 2.05) is 6.07 Å². The van der Waals surface area contributed by atoms with Crippen molar-refractivity contribution in [2.24, 2.45) is 5.92 Å². The molecule has 3 aromatic rings. The van der Waals surface area contributed by atoms with Gasteiger partial charge >= 0.3 is 0 Å². The molecule has 0 aliphatic heterocycles. The fourth-order valence-electron chi connectivity index (χ4n) is 3.56. The van der Waals surface area contributed by atoms with Gasteiger partial charge in [0.2, 0.25) is 0 Å². The van der Waals surface area contributed by atoms with Crippen molar-refractivity contribution in [2.45, 2.75) is 26.2 Å². The van der Waals surface area contributed by atoms with Crippen LogP contribution in [0.25, 0.3) is 21.9 Å². The van der Waals surface area contributed by atoms with Gasteiger partial charge in [0.1, 0.15) is 15.9 Å². The number of aromatic nitrogens is 2. The Kier molecular flexibility index (Phi) is 4.94. The molecule has 2 heterocycles. The lowest BCUT2D eigenvalue weighted by atomic mass is 9.89. The summed E-state index contributed by atoms with van der Waals surface area (Å²) in [5.41, 5.74) is 1.08. The molecule has 4 rings (SSSR count).